The summed E-state index contributed by atoms with van der Waals surface area (Å²) in [5.74, 6) is 0.572. The Bertz CT molecular complexity index is 261. The summed E-state index contributed by atoms with van der Waals surface area (Å²) in [5.41, 5.74) is 0. The second kappa shape index (κ2) is 4.74. The number of nitrogens with one attached hydrogen (secondary N) is 1. The lowest BCUT2D eigenvalue weighted by Crippen LogP contribution is -2.41. The molecule has 1 aliphatic carbocycles. The van der Waals surface area contributed by atoms with Crippen molar-refractivity contribution in [3.05, 3.63) is 0 Å². The maximum absolute atomic E-state index is 12.2. The highest BCUT2D eigenvalue weighted by Crippen LogP contribution is 2.32. The minimum Gasteiger partial charge on any atom is -0.374 e. The molecule has 1 amide bonds. The predicted octanol–water partition coefficient (Wildman–Crippen LogP) is 2.10. The van der Waals surface area contributed by atoms with Crippen LogP contribution in [0.2, 0.25) is 0 Å². The van der Waals surface area contributed by atoms with E-state index in [4.69, 9.17) is 4.74 Å². The zero-order chi connectivity index (χ0) is 11.7. The molecule has 0 aromatic rings. The third-order valence-electron chi connectivity index (χ3n) is 4.25. The van der Waals surface area contributed by atoms with Gasteiger partial charge in [0.25, 0.3) is 0 Å². The van der Waals surface area contributed by atoms with Crippen LogP contribution in [0.1, 0.15) is 46.5 Å². The lowest BCUT2D eigenvalue weighted by Gasteiger charge is -2.20. The summed E-state index contributed by atoms with van der Waals surface area (Å²) in [6.07, 6.45) is 5.08. The van der Waals surface area contributed by atoms with Crippen molar-refractivity contribution in [3.63, 3.8) is 0 Å². The van der Waals surface area contributed by atoms with Crippen molar-refractivity contribution in [1.82, 2.24) is 5.32 Å². The van der Waals surface area contributed by atoms with Crippen molar-refractivity contribution in [2.75, 3.05) is 0 Å². The van der Waals surface area contributed by atoms with E-state index in [0.717, 1.165) is 12.8 Å². The number of carbonyl (C=O) groups is 1. The van der Waals surface area contributed by atoms with E-state index in [1.54, 1.807) is 0 Å². The molecule has 2 fully saturated rings. The van der Waals surface area contributed by atoms with Crippen LogP contribution >= 0.6 is 0 Å². The first-order valence-electron chi connectivity index (χ1n) is 6.55. The van der Waals surface area contributed by atoms with E-state index in [0.29, 0.717) is 12.0 Å². The van der Waals surface area contributed by atoms with Crippen molar-refractivity contribution >= 4 is 5.91 Å². The number of carbonyl (C=O) groups excluding carboxylic acids is 1. The molecule has 1 heterocycles. The first kappa shape index (κ1) is 11.9. The fourth-order valence-corrected chi connectivity index (χ4v) is 3.09. The normalized spacial score (nSPS) is 40.2. The van der Waals surface area contributed by atoms with Gasteiger partial charge in [-0.15, -0.1) is 0 Å². The minimum absolute atomic E-state index is 0.0376. The van der Waals surface area contributed by atoms with Crippen molar-refractivity contribution in [2.24, 2.45) is 11.8 Å². The topological polar surface area (TPSA) is 38.3 Å². The van der Waals surface area contributed by atoms with Gasteiger partial charge in [-0.25, -0.2) is 0 Å². The van der Waals surface area contributed by atoms with Gasteiger partial charge in [-0.2, -0.15) is 0 Å². The summed E-state index contributed by atoms with van der Waals surface area (Å²) < 4.78 is 5.71. The third kappa shape index (κ3) is 2.24. The van der Waals surface area contributed by atoms with Gasteiger partial charge in [0, 0.05) is 6.04 Å². The lowest BCUT2D eigenvalue weighted by molar-refractivity contribution is -0.127. The average Bonchev–Trinajstić information content (AvgIpc) is 2.77. The Labute approximate surface area is 97.9 Å². The Hall–Kier alpha value is -0.570. The molecule has 0 aromatic carbocycles. The van der Waals surface area contributed by atoms with Gasteiger partial charge in [0.1, 0.15) is 0 Å². The molecule has 3 heteroatoms. The minimum atomic E-state index is 0.0376. The summed E-state index contributed by atoms with van der Waals surface area (Å²) in [7, 11) is 0. The number of hydrogen-bond donors (Lipinski definition) is 1. The Morgan fingerprint density at radius 2 is 1.75 bits per heavy atom. The number of hydrogen-bond acceptors (Lipinski definition) is 2. The Morgan fingerprint density at radius 3 is 2.25 bits per heavy atom. The fraction of sp³-hybridized carbons (Fsp3) is 0.923. The van der Waals surface area contributed by atoms with E-state index in [1.165, 1.54) is 12.8 Å². The molecule has 2 rings (SSSR count). The predicted molar refractivity (Wildman–Crippen MR) is 63.1 cm³/mol. The van der Waals surface area contributed by atoms with E-state index >= 15 is 0 Å². The zero-order valence-corrected chi connectivity index (χ0v) is 10.5. The standard InChI is InChI=1S/C13H23NO2/c1-8-9(2)16-10(3)12(8)13(15)14-11-6-4-5-7-11/h8-12H,4-7H2,1-3H3,(H,14,15). The largest absolute Gasteiger partial charge is 0.374 e. The molecule has 0 aromatic heterocycles. The molecule has 0 radical (unpaired) electrons. The van der Waals surface area contributed by atoms with Crippen molar-refractivity contribution < 1.29 is 9.53 Å². The van der Waals surface area contributed by atoms with Crippen molar-refractivity contribution in [1.29, 1.82) is 0 Å². The maximum Gasteiger partial charge on any atom is 0.226 e. The van der Waals surface area contributed by atoms with Crippen LogP contribution in [0.4, 0.5) is 0 Å². The molecule has 1 saturated carbocycles. The molecular weight excluding hydrogens is 202 g/mol. The summed E-state index contributed by atoms with van der Waals surface area (Å²) >= 11 is 0. The van der Waals surface area contributed by atoms with Gasteiger partial charge in [-0.3, -0.25) is 4.79 Å². The zero-order valence-electron chi connectivity index (χ0n) is 10.5. The average molecular weight is 225 g/mol. The van der Waals surface area contributed by atoms with Gasteiger partial charge >= 0.3 is 0 Å². The van der Waals surface area contributed by atoms with Gasteiger partial charge in [-0.05, 0) is 32.6 Å². The molecule has 1 N–H and O–H groups in total. The number of ether oxygens (including phenoxy) is 1. The molecule has 16 heavy (non-hydrogen) atoms. The van der Waals surface area contributed by atoms with Crippen LogP contribution < -0.4 is 5.32 Å². The molecule has 1 saturated heterocycles. The Balaban J connectivity index is 1.93. The Morgan fingerprint density at radius 1 is 1.12 bits per heavy atom. The highest BCUT2D eigenvalue weighted by Gasteiger charge is 2.42. The molecule has 92 valence electrons. The van der Waals surface area contributed by atoms with Crippen LogP contribution in [0.15, 0.2) is 0 Å². The van der Waals surface area contributed by atoms with Gasteiger partial charge in [0.05, 0.1) is 18.1 Å². The highest BCUT2D eigenvalue weighted by molar-refractivity contribution is 5.80. The summed E-state index contributed by atoms with van der Waals surface area (Å²) in [6, 6.07) is 0.419. The summed E-state index contributed by atoms with van der Waals surface area (Å²) in [4.78, 5) is 12.2. The van der Waals surface area contributed by atoms with Crippen LogP contribution in [0, 0.1) is 11.8 Å². The summed E-state index contributed by atoms with van der Waals surface area (Å²) in [5, 5.41) is 3.18. The fourth-order valence-electron chi connectivity index (χ4n) is 3.09. The number of amides is 1. The highest BCUT2D eigenvalue weighted by atomic mass is 16.5. The van der Waals surface area contributed by atoms with Crippen LogP contribution in [0.25, 0.3) is 0 Å². The molecule has 0 bridgehead atoms. The van der Waals surface area contributed by atoms with Crippen molar-refractivity contribution in [3.8, 4) is 0 Å². The first-order chi connectivity index (χ1) is 7.59. The van der Waals surface area contributed by atoms with Crippen LogP contribution in [-0.4, -0.2) is 24.2 Å². The summed E-state index contributed by atoms with van der Waals surface area (Å²) in [6.45, 7) is 6.19. The van der Waals surface area contributed by atoms with Crippen molar-refractivity contribution in [2.45, 2.75) is 64.7 Å². The van der Waals surface area contributed by atoms with Crippen LogP contribution in [-0.2, 0) is 9.53 Å². The number of rotatable bonds is 2. The first-order valence-corrected chi connectivity index (χ1v) is 6.55. The molecule has 3 nitrogen and oxygen atoms in total. The van der Waals surface area contributed by atoms with E-state index in [1.807, 2.05) is 6.92 Å². The molecule has 4 atom stereocenters. The van der Waals surface area contributed by atoms with Gasteiger partial charge in [0.2, 0.25) is 5.91 Å². The molecule has 4 unspecified atom stereocenters. The second-order valence-electron chi connectivity index (χ2n) is 5.42. The van der Waals surface area contributed by atoms with Gasteiger partial charge in [-0.1, -0.05) is 19.8 Å². The molecule has 0 spiro atoms. The van der Waals surface area contributed by atoms with E-state index < -0.39 is 0 Å². The monoisotopic (exact) mass is 225 g/mol. The smallest absolute Gasteiger partial charge is 0.226 e. The lowest BCUT2D eigenvalue weighted by atomic mass is 9.88. The molecular formula is C13H23NO2. The molecule has 1 aliphatic heterocycles. The van der Waals surface area contributed by atoms with Gasteiger partial charge in [0.15, 0.2) is 0 Å². The third-order valence-corrected chi connectivity index (χ3v) is 4.25. The van der Waals surface area contributed by atoms with Crippen LogP contribution in [0.3, 0.4) is 0 Å². The van der Waals surface area contributed by atoms with E-state index in [2.05, 4.69) is 19.2 Å². The maximum atomic E-state index is 12.2. The van der Waals surface area contributed by atoms with E-state index in [-0.39, 0.29) is 24.0 Å². The van der Waals surface area contributed by atoms with Crippen LogP contribution in [0.5, 0.6) is 0 Å². The SMILES string of the molecule is CC1OC(C)C(C(=O)NC2CCCC2)C1C. The molecule has 2 aliphatic rings. The quantitative estimate of drug-likeness (QED) is 0.781. The van der Waals surface area contributed by atoms with E-state index in [9.17, 15) is 4.79 Å². The Kier molecular flexibility index (Phi) is 3.53. The van der Waals surface area contributed by atoms with Gasteiger partial charge < -0.3 is 10.1 Å². The second-order valence-corrected chi connectivity index (χ2v) is 5.42.